The van der Waals surface area contributed by atoms with Gasteiger partial charge >= 0.3 is 0 Å². The van der Waals surface area contributed by atoms with Gasteiger partial charge in [0.05, 0.1) is 15.7 Å². The Kier molecular flexibility index (Phi) is 4.59. The zero-order chi connectivity index (χ0) is 13.9. The second kappa shape index (κ2) is 5.58. The molecule has 0 aromatic heterocycles. The summed E-state index contributed by atoms with van der Waals surface area (Å²) in [5.41, 5.74) is 5.66. The standard InChI is InChI=1S/C12H18N2O3S/c1-12(2,3)11(13)8-18(17)10-7-5-4-6-9(10)14(15)16/h4-7,11H,8,13H2,1-3H3. The molecule has 5 nitrogen and oxygen atoms in total. The number of nitro groups is 1. The van der Waals surface area contributed by atoms with Crippen molar-refractivity contribution in [2.75, 3.05) is 5.75 Å². The Balaban J connectivity index is 2.95. The molecule has 2 atom stereocenters. The van der Waals surface area contributed by atoms with Crippen LogP contribution in [0, 0.1) is 15.5 Å². The molecule has 2 N–H and O–H groups in total. The second-order valence-electron chi connectivity index (χ2n) is 5.21. The molecule has 1 aromatic rings. The average Bonchev–Trinajstić information content (AvgIpc) is 2.27. The maximum atomic E-state index is 12.2. The van der Waals surface area contributed by atoms with Crippen LogP contribution in [0.1, 0.15) is 20.8 Å². The minimum Gasteiger partial charge on any atom is -0.326 e. The predicted molar refractivity (Wildman–Crippen MR) is 71.8 cm³/mol. The van der Waals surface area contributed by atoms with E-state index >= 15 is 0 Å². The van der Waals surface area contributed by atoms with Crippen molar-refractivity contribution in [3.63, 3.8) is 0 Å². The molecule has 0 saturated carbocycles. The molecule has 1 rings (SSSR count). The molecule has 0 amide bonds. The fourth-order valence-electron chi connectivity index (χ4n) is 1.30. The maximum Gasteiger partial charge on any atom is 0.285 e. The third kappa shape index (κ3) is 3.61. The van der Waals surface area contributed by atoms with Gasteiger partial charge in [0.15, 0.2) is 0 Å². The van der Waals surface area contributed by atoms with Crippen LogP contribution in [0.3, 0.4) is 0 Å². The summed E-state index contributed by atoms with van der Waals surface area (Å²) >= 11 is 0. The third-order valence-electron chi connectivity index (χ3n) is 2.75. The monoisotopic (exact) mass is 270 g/mol. The van der Waals surface area contributed by atoms with Crippen molar-refractivity contribution in [2.24, 2.45) is 11.1 Å². The van der Waals surface area contributed by atoms with Crippen LogP contribution in [0.2, 0.25) is 0 Å². The summed E-state index contributed by atoms with van der Waals surface area (Å²) in [6.07, 6.45) is 0. The summed E-state index contributed by atoms with van der Waals surface area (Å²) in [5.74, 6) is 0.217. The van der Waals surface area contributed by atoms with Crippen molar-refractivity contribution in [2.45, 2.75) is 31.7 Å². The molecule has 0 saturated heterocycles. The van der Waals surface area contributed by atoms with E-state index in [1.54, 1.807) is 12.1 Å². The lowest BCUT2D eigenvalue weighted by Gasteiger charge is -2.26. The predicted octanol–water partition coefficient (Wildman–Crippen LogP) is 2.08. The van der Waals surface area contributed by atoms with Gasteiger partial charge in [0, 0.05) is 17.9 Å². The van der Waals surface area contributed by atoms with Crippen molar-refractivity contribution < 1.29 is 9.13 Å². The first-order chi connectivity index (χ1) is 8.23. The van der Waals surface area contributed by atoms with Crippen molar-refractivity contribution in [3.05, 3.63) is 34.4 Å². The second-order valence-corrected chi connectivity index (χ2v) is 6.67. The average molecular weight is 270 g/mol. The fraction of sp³-hybridized carbons (Fsp3) is 0.500. The topological polar surface area (TPSA) is 86.2 Å². The Hall–Kier alpha value is -1.27. The first kappa shape index (κ1) is 14.8. The van der Waals surface area contributed by atoms with Crippen LogP contribution in [0.5, 0.6) is 0 Å². The van der Waals surface area contributed by atoms with Gasteiger partial charge in [-0.15, -0.1) is 0 Å². The van der Waals surface area contributed by atoms with Gasteiger partial charge in [0.1, 0.15) is 4.90 Å². The van der Waals surface area contributed by atoms with Gasteiger partial charge < -0.3 is 5.73 Å². The first-order valence-corrected chi connectivity index (χ1v) is 6.92. The van der Waals surface area contributed by atoms with E-state index in [1.807, 2.05) is 20.8 Å². The number of hydrogen-bond acceptors (Lipinski definition) is 4. The van der Waals surface area contributed by atoms with Crippen LogP contribution < -0.4 is 5.73 Å². The molecule has 0 radical (unpaired) electrons. The largest absolute Gasteiger partial charge is 0.326 e. The highest BCUT2D eigenvalue weighted by atomic mass is 32.2. The molecule has 1 aromatic carbocycles. The molecule has 6 heteroatoms. The molecule has 0 bridgehead atoms. The molecule has 100 valence electrons. The third-order valence-corrected chi connectivity index (χ3v) is 4.25. The molecule has 0 heterocycles. The normalized spacial score (nSPS) is 15.1. The van der Waals surface area contributed by atoms with Crippen LogP contribution in [0.15, 0.2) is 29.2 Å². The van der Waals surface area contributed by atoms with E-state index in [-0.39, 0.29) is 27.8 Å². The first-order valence-electron chi connectivity index (χ1n) is 5.61. The summed E-state index contributed by atoms with van der Waals surface area (Å²) in [6.45, 7) is 5.86. The smallest absolute Gasteiger partial charge is 0.285 e. The fourth-order valence-corrected chi connectivity index (χ4v) is 2.92. The molecule has 18 heavy (non-hydrogen) atoms. The Bertz CT molecular complexity index is 469. The van der Waals surface area contributed by atoms with Gasteiger partial charge in [-0.3, -0.25) is 14.3 Å². The Morgan fingerprint density at radius 1 is 1.39 bits per heavy atom. The van der Waals surface area contributed by atoms with Gasteiger partial charge in [-0.1, -0.05) is 32.9 Å². The molecule has 0 aliphatic rings. The summed E-state index contributed by atoms with van der Waals surface area (Å²) in [6, 6.07) is 5.79. The van der Waals surface area contributed by atoms with E-state index in [1.165, 1.54) is 12.1 Å². The lowest BCUT2D eigenvalue weighted by Crippen LogP contribution is -2.39. The van der Waals surface area contributed by atoms with Gasteiger partial charge in [0.25, 0.3) is 5.69 Å². The van der Waals surface area contributed by atoms with Crippen molar-refractivity contribution in [1.82, 2.24) is 0 Å². The van der Waals surface area contributed by atoms with E-state index < -0.39 is 15.7 Å². The lowest BCUT2D eigenvalue weighted by molar-refractivity contribution is -0.387. The van der Waals surface area contributed by atoms with Crippen LogP contribution in [-0.2, 0) is 10.8 Å². The number of para-hydroxylation sites is 1. The maximum absolute atomic E-state index is 12.2. The summed E-state index contributed by atoms with van der Waals surface area (Å²) in [4.78, 5) is 10.6. The van der Waals surface area contributed by atoms with E-state index in [9.17, 15) is 14.3 Å². The van der Waals surface area contributed by atoms with Crippen molar-refractivity contribution >= 4 is 16.5 Å². The van der Waals surface area contributed by atoms with Crippen molar-refractivity contribution in [3.8, 4) is 0 Å². The SMILES string of the molecule is CC(C)(C)C(N)CS(=O)c1ccccc1[N+](=O)[O-]. The van der Waals surface area contributed by atoms with E-state index in [4.69, 9.17) is 5.73 Å². The molecule has 0 spiro atoms. The minimum absolute atomic E-state index is 0.114. The van der Waals surface area contributed by atoms with E-state index in [2.05, 4.69) is 0 Å². The highest BCUT2D eigenvalue weighted by molar-refractivity contribution is 7.85. The van der Waals surface area contributed by atoms with E-state index in [0.717, 1.165) is 0 Å². The quantitative estimate of drug-likeness (QED) is 0.670. The van der Waals surface area contributed by atoms with Crippen LogP contribution in [0.4, 0.5) is 5.69 Å². The summed E-state index contributed by atoms with van der Waals surface area (Å²) in [7, 11) is -1.46. The molecular weight excluding hydrogens is 252 g/mol. The Labute approximate surface area is 109 Å². The zero-order valence-electron chi connectivity index (χ0n) is 10.8. The van der Waals surface area contributed by atoms with Gasteiger partial charge in [-0.2, -0.15) is 0 Å². The van der Waals surface area contributed by atoms with Crippen LogP contribution >= 0.6 is 0 Å². The number of benzene rings is 1. The molecule has 0 aliphatic heterocycles. The van der Waals surface area contributed by atoms with Gasteiger partial charge in [-0.25, -0.2) is 0 Å². The number of nitro benzene ring substituents is 1. The molecule has 2 unspecified atom stereocenters. The van der Waals surface area contributed by atoms with Crippen LogP contribution in [-0.4, -0.2) is 20.9 Å². The minimum atomic E-state index is -1.46. The number of nitrogens with zero attached hydrogens (tertiary/aromatic N) is 1. The van der Waals surface area contributed by atoms with Gasteiger partial charge in [-0.05, 0) is 11.5 Å². The molecule has 0 fully saturated rings. The Morgan fingerprint density at radius 3 is 2.44 bits per heavy atom. The summed E-state index contributed by atoms with van der Waals surface area (Å²) in [5, 5.41) is 10.8. The highest BCUT2D eigenvalue weighted by Gasteiger charge is 2.26. The number of hydrogen-bond donors (Lipinski definition) is 1. The molecule has 0 aliphatic carbocycles. The Morgan fingerprint density at radius 2 is 1.94 bits per heavy atom. The highest BCUT2D eigenvalue weighted by Crippen LogP contribution is 2.24. The number of rotatable bonds is 4. The summed E-state index contributed by atoms with van der Waals surface area (Å²) < 4.78 is 12.2. The van der Waals surface area contributed by atoms with Crippen molar-refractivity contribution in [1.29, 1.82) is 0 Å². The zero-order valence-corrected chi connectivity index (χ0v) is 11.6. The van der Waals surface area contributed by atoms with Gasteiger partial charge in [0.2, 0.25) is 0 Å². The number of nitrogens with two attached hydrogens (primary N) is 1. The lowest BCUT2D eigenvalue weighted by atomic mass is 9.89. The van der Waals surface area contributed by atoms with E-state index in [0.29, 0.717) is 0 Å². The molecular formula is C12H18N2O3S. The van der Waals surface area contributed by atoms with Crippen LogP contribution in [0.25, 0.3) is 0 Å².